The van der Waals surface area contributed by atoms with Gasteiger partial charge in [0.2, 0.25) is 0 Å². The van der Waals surface area contributed by atoms with Crippen LogP contribution in [0.4, 0.5) is 0 Å². The zero-order valence-corrected chi connectivity index (χ0v) is 8.93. The lowest BCUT2D eigenvalue weighted by molar-refractivity contribution is -0.114. The molecule has 1 heteroatoms. The number of fused-ring (bicyclic) bond motifs is 1. The van der Waals surface area contributed by atoms with Crippen molar-refractivity contribution < 1.29 is 4.79 Å². The van der Waals surface area contributed by atoms with Gasteiger partial charge >= 0.3 is 0 Å². The molecule has 78 valence electrons. The minimum atomic E-state index is 0.379. The Hall–Kier alpha value is -0.590. The van der Waals surface area contributed by atoms with Gasteiger partial charge in [0.25, 0.3) is 0 Å². The first kappa shape index (κ1) is 9.95. The van der Waals surface area contributed by atoms with Crippen LogP contribution < -0.4 is 0 Å². The van der Waals surface area contributed by atoms with Crippen LogP contribution in [0.5, 0.6) is 0 Å². The van der Waals surface area contributed by atoms with Gasteiger partial charge in [0.05, 0.1) is 0 Å². The molecule has 0 saturated heterocycles. The molecule has 0 N–H and O–H groups in total. The molecule has 1 unspecified atom stereocenters. The van der Waals surface area contributed by atoms with Crippen molar-refractivity contribution in [3.05, 3.63) is 11.6 Å². The summed E-state index contributed by atoms with van der Waals surface area (Å²) >= 11 is 0. The molecule has 0 aromatic heterocycles. The second-order valence-corrected chi connectivity index (χ2v) is 4.75. The molecule has 1 saturated carbocycles. The van der Waals surface area contributed by atoms with Crippen molar-refractivity contribution in [2.45, 2.75) is 57.8 Å². The van der Waals surface area contributed by atoms with Crippen molar-refractivity contribution in [1.82, 2.24) is 0 Å². The fourth-order valence-electron chi connectivity index (χ4n) is 2.75. The third kappa shape index (κ3) is 2.46. The van der Waals surface area contributed by atoms with E-state index in [1.807, 2.05) is 6.08 Å². The Labute approximate surface area is 86.6 Å². The van der Waals surface area contributed by atoms with Crippen LogP contribution in [0.2, 0.25) is 0 Å². The number of ketones is 1. The molecule has 2 rings (SSSR count). The molecule has 0 aromatic carbocycles. The number of carbonyl (C=O) groups excluding carboxylic acids is 1. The topological polar surface area (TPSA) is 17.1 Å². The molecular weight excluding hydrogens is 172 g/mol. The van der Waals surface area contributed by atoms with Crippen molar-refractivity contribution in [3.63, 3.8) is 0 Å². The van der Waals surface area contributed by atoms with Gasteiger partial charge < -0.3 is 0 Å². The second-order valence-electron chi connectivity index (χ2n) is 4.75. The molecule has 0 bridgehead atoms. The Bertz CT molecular complexity index is 240. The Morgan fingerprint density at radius 2 is 1.71 bits per heavy atom. The molecule has 0 heterocycles. The molecule has 0 amide bonds. The maximum atomic E-state index is 11.3. The van der Waals surface area contributed by atoms with E-state index in [-0.39, 0.29) is 0 Å². The molecule has 0 aliphatic heterocycles. The van der Waals surface area contributed by atoms with Crippen molar-refractivity contribution in [2.24, 2.45) is 5.92 Å². The number of carbonyl (C=O) groups is 1. The highest BCUT2D eigenvalue weighted by Crippen LogP contribution is 2.33. The van der Waals surface area contributed by atoms with Gasteiger partial charge in [-0.2, -0.15) is 0 Å². The number of hydrogen-bond acceptors (Lipinski definition) is 1. The number of rotatable bonds is 0. The van der Waals surface area contributed by atoms with Crippen LogP contribution in [0.15, 0.2) is 11.6 Å². The third-order valence-corrected chi connectivity index (χ3v) is 3.59. The normalized spacial score (nSPS) is 29.6. The fraction of sp³-hybridized carbons (Fsp3) is 0.769. The summed E-state index contributed by atoms with van der Waals surface area (Å²) in [5, 5.41) is 0. The molecule has 0 radical (unpaired) electrons. The van der Waals surface area contributed by atoms with E-state index in [2.05, 4.69) is 0 Å². The summed E-state index contributed by atoms with van der Waals surface area (Å²) in [6.07, 6.45) is 13.4. The summed E-state index contributed by atoms with van der Waals surface area (Å²) in [5.74, 6) is 1.00. The van der Waals surface area contributed by atoms with Crippen LogP contribution in [0.3, 0.4) is 0 Å². The monoisotopic (exact) mass is 192 g/mol. The Morgan fingerprint density at radius 3 is 2.57 bits per heavy atom. The lowest BCUT2D eigenvalue weighted by Crippen LogP contribution is -2.02. The van der Waals surface area contributed by atoms with Crippen molar-refractivity contribution in [1.29, 1.82) is 0 Å². The molecular formula is C13H20O. The van der Waals surface area contributed by atoms with E-state index in [1.165, 1.54) is 56.9 Å². The summed E-state index contributed by atoms with van der Waals surface area (Å²) in [7, 11) is 0. The lowest BCUT2D eigenvalue weighted by Gasteiger charge is -2.15. The van der Waals surface area contributed by atoms with Crippen molar-refractivity contribution >= 4 is 5.78 Å². The van der Waals surface area contributed by atoms with E-state index in [0.29, 0.717) is 11.7 Å². The molecule has 2 aliphatic carbocycles. The van der Waals surface area contributed by atoms with Gasteiger partial charge in [-0.1, -0.05) is 37.7 Å². The molecule has 1 nitrogen and oxygen atoms in total. The van der Waals surface area contributed by atoms with Gasteiger partial charge in [0.1, 0.15) is 0 Å². The predicted molar refractivity (Wildman–Crippen MR) is 58.1 cm³/mol. The summed E-state index contributed by atoms with van der Waals surface area (Å²) in [5.41, 5.74) is 1.47. The van der Waals surface area contributed by atoms with Crippen LogP contribution in [0, 0.1) is 5.92 Å². The van der Waals surface area contributed by atoms with Crippen molar-refractivity contribution in [2.75, 3.05) is 0 Å². The highest BCUT2D eigenvalue weighted by atomic mass is 16.1. The van der Waals surface area contributed by atoms with E-state index in [0.717, 1.165) is 6.42 Å². The van der Waals surface area contributed by atoms with Crippen LogP contribution in [-0.4, -0.2) is 5.78 Å². The smallest absolute Gasteiger partial charge is 0.156 e. The van der Waals surface area contributed by atoms with Gasteiger partial charge in [-0.3, -0.25) is 4.79 Å². The quantitative estimate of drug-likeness (QED) is 0.572. The SMILES string of the molecule is O=C1C=C2CCCCCCCCC2C1. The standard InChI is InChI=1S/C13H20O/c14-13-9-11-7-5-3-1-2-4-6-8-12(11)10-13/h9,12H,1-8,10H2. The summed E-state index contributed by atoms with van der Waals surface area (Å²) < 4.78 is 0. The molecule has 1 atom stereocenters. The van der Waals surface area contributed by atoms with Crippen LogP contribution in [0.25, 0.3) is 0 Å². The Morgan fingerprint density at radius 1 is 1.00 bits per heavy atom. The first-order valence-corrected chi connectivity index (χ1v) is 6.09. The maximum absolute atomic E-state index is 11.3. The van der Waals surface area contributed by atoms with Crippen LogP contribution in [-0.2, 0) is 4.79 Å². The predicted octanol–water partition coefficient (Wildman–Crippen LogP) is 3.64. The van der Waals surface area contributed by atoms with E-state index in [1.54, 1.807) is 0 Å². The number of allylic oxidation sites excluding steroid dienone is 2. The molecule has 14 heavy (non-hydrogen) atoms. The van der Waals surface area contributed by atoms with E-state index in [4.69, 9.17) is 0 Å². The molecule has 0 aromatic rings. The summed E-state index contributed by atoms with van der Waals surface area (Å²) in [4.78, 5) is 11.3. The van der Waals surface area contributed by atoms with Gasteiger partial charge in [-0.25, -0.2) is 0 Å². The lowest BCUT2D eigenvalue weighted by atomic mass is 9.89. The van der Waals surface area contributed by atoms with E-state index >= 15 is 0 Å². The minimum Gasteiger partial charge on any atom is -0.295 e. The minimum absolute atomic E-state index is 0.379. The first-order valence-electron chi connectivity index (χ1n) is 6.09. The average Bonchev–Trinajstić information content (AvgIpc) is 2.52. The van der Waals surface area contributed by atoms with Gasteiger partial charge in [0.15, 0.2) is 5.78 Å². The largest absolute Gasteiger partial charge is 0.295 e. The fourth-order valence-corrected chi connectivity index (χ4v) is 2.75. The van der Waals surface area contributed by atoms with Gasteiger partial charge in [0, 0.05) is 6.42 Å². The zero-order valence-electron chi connectivity index (χ0n) is 8.93. The highest BCUT2D eigenvalue weighted by molar-refractivity contribution is 5.93. The summed E-state index contributed by atoms with van der Waals surface area (Å²) in [6, 6.07) is 0. The zero-order chi connectivity index (χ0) is 9.80. The molecule has 1 fully saturated rings. The van der Waals surface area contributed by atoms with E-state index < -0.39 is 0 Å². The average molecular weight is 192 g/mol. The van der Waals surface area contributed by atoms with Crippen LogP contribution in [0.1, 0.15) is 57.8 Å². The highest BCUT2D eigenvalue weighted by Gasteiger charge is 2.23. The molecule has 2 aliphatic rings. The summed E-state index contributed by atoms with van der Waals surface area (Å²) in [6.45, 7) is 0. The maximum Gasteiger partial charge on any atom is 0.156 e. The Balaban J connectivity index is 1.96. The van der Waals surface area contributed by atoms with Crippen molar-refractivity contribution in [3.8, 4) is 0 Å². The molecule has 0 spiro atoms. The second kappa shape index (κ2) is 4.77. The first-order chi connectivity index (χ1) is 6.86. The number of hydrogen-bond donors (Lipinski definition) is 0. The van der Waals surface area contributed by atoms with Gasteiger partial charge in [-0.15, -0.1) is 0 Å². The third-order valence-electron chi connectivity index (χ3n) is 3.59. The van der Waals surface area contributed by atoms with Gasteiger partial charge in [-0.05, 0) is 31.3 Å². The van der Waals surface area contributed by atoms with E-state index in [9.17, 15) is 4.79 Å². The Kier molecular flexibility index (Phi) is 3.39. The van der Waals surface area contributed by atoms with Crippen LogP contribution >= 0.6 is 0 Å².